The highest BCUT2D eigenvalue weighted by molar-refractivity contribution is 8.04. The third kappa shape index (κ3) is 2.09. The summed E-state index contributed by atoms with van der Waals surface area (Å²) in [7, 11) is 1.28. The number of methoxy groups -OCH3 is 1. The molecule has 0 spiro atoms. The molecule has 2 rings (SSSR count). The number of carbonyl (C=O) groups is 2. The normalized spacial score (nSPS) is 16.6. The molecule has 0 saturated heterocycles. The maximum absolute atomic E-state index is 11.6. The SMILES string of the molecule is COC(=O)C=C1Sc2ccccc2NC1=O. The first-order valence-corrected chi connectivity index (χ1v) is 5.40. The Hall–Kier alpha value is -1.75. The number of amides is 1. The van der Waals surface area contributed by atoms with Crippen molar-refractivity contribution in [2.75, 3.05) is 12.4 Å². The Bertz CT molecular complexity index is 482. The van der Waals surface area contributed by atoms with Gasteiger partial charge in [-0.1, -0.05) is 23.9 Å². The Morgan fingerprint density at radius 2 is 2.19 bits per heavy atom. The molecule has 0 bridgehead atoms. The number of thioether (sulfide) groups is 1. The zero-order valence-electron chi connectivity index (χ0n) is 8.52. The fourth-order valence-corrected chi connectivity index (χ4v) is 2.18. The summed E-state index contributed by atoms with van der Waals surface area (Å²) in [5.41, 5.74) is 0.763. The number of hydrogen-bond acceptors (Lipinski definition) is 4. The summed E-state index contributed by atoms with van der Waals surface area (Å²) in [4.78, 5) is 23.9. The van der Waals surface area contributed by atoms with E-state index in [2.05, 4.69) is 10.1 Å². The van der Waals surface area contributed by atoms with Crippen LogP contribution in [0.4, 0.5) is 5.69 Å². The van der Waals surface area contributed by atoms with E-state index in [1.807, 2.05) is 24.3 Å². The molecular weight excluding hydrogens is 226 g/mol. The third-order valence-corrected chi connectivity index (χ3v) is 3.13. The lowest BCUT2D eigenvalue weighted by Crippen LogP contribution is -2.18. The fourth-order valence-electron chi connectivity index (χ4n) is 1.27. The van der Waals surface area contributed by atoms with Gasteiger partial charge >= 0.3 is 5.97 Å². The zero-order chi connectivity index (χ0) is 11.5. The lowest BCUT2D eigenvalue weighted by Gasteiger charge is -2.17. The highest BCUT2D eigenvalue weighted by Gasteiger charge is 2.21. The molecule has 0 unspecified atom stereocenters. The van der Waals surface area contributed by atoms with Gasteiger partial charge in [0.05, 0.1) is 17.7 Å². The van der Waals surface area contributed by atoms with Crippen LogP contribution < -0.4 is 5.32 Å². The van der Waals surface area contributed by atoms with Crippen molar-refractivity contribution in [1.82, 2.24) is 0 Å². The maximum atomic E-state index is 11.6. The van der Waals surface area contributed by atoms with E-state index in [-0.39, 0.29) is 5.91 Å². The highest BCUT2D eigenvalue weighted by Crippen LogP contribution is 2.37. The number of anilines is 1. The van der Waals surface area contributed by atoms with Crippen LogP contribution in [-0.2, 0) is 14.3 Å². The number of benzene rings is 1. The van der Waals surface area contributed by atoms with Crippen molar-refractivity contribution in [2.24, 2.45) is 0 Å². The average Bonchev–Trinajstić information content (AvgIpc) is 2.30. The Balaban J connectivity index is 2.31. The Labute approximate surface area is 96.7 Å². The molecule has 0 atom stereocenters. The van der Waals surface area contributed by atoms with E-state index in [0.717, 1.165) is 10.6 Å². The molecule has 0 radical (unpaired) electrons. The molecular formula is C11H9NO3S. The number of hydrogen-bond donors (Lipinski definition) is 1. The predicted octanol–water partition coefficient (Wildman–Crippen LogP) is 1.79. The maximum Gasteiger partial charge on any atom is 0.331 e. The molecule has 5 heteroatoms. The van der Waals surface area contributed by atoms with Crippen molar-refractivity contribution in [2.45, 2.75) is 4.90 Å². The number of para-hydroxylation sites is 1. The van der Waals surface area contributed by atoms with E-state index in [1.165, 1.54) is 24.9 Å². The minimum atomic E-state index is -0.531. The molecule has 0 saturated carbocycles. The first-order chi connectivity index (χ1) is 7.70. The molecule has 1 N–H and O–H groups in total. The van der Waals surface area contributed by atoms with E-state index in [4.69, 9.17) is 0 Å². The van der Waals surface area contributed by atoms with Crippen molar-refractivity contribution >= 4 is 29.3 Å². The summed E-state index contributed by atoms with van der Waals surface area (Å²) in [6.07, 6.45) is 1.19. The number of nitrogens with one attached hydrogen (secondary N) is 1. The molecule has 0 fully saturated rings. The first-order valence-electron chi connectivity index (χ1n) is 4.58. The van der Waals surface area contributed by atoms with Crippen molar-refractivity contribution in [1.29, 1.82) is 0 Å². The summed E-state index contributed by atoms with van der Waals surface area (Å²) in [5, 5.41) is 2.70. The van der Waals surface area contributed by atoms with Crippen LogP contribution in [0.5, 0.6) is 0 Å². The van der Waals surface area contributed by atoms with Gasteiger partial charge in [-0.05, 0) is 12.1 Å². The van der Waals surface area contributed by atoms with Gasteiger partial charge in [-0.15, -0.1) is 0 Å². The molecule has 1 aromatic carbocycles. The van der Waals surface area contributed by atoms with Crippen LogP contribution in [-0.4, -0.2) is 19.0 Å². The van der Waals surface area contributed by atoms with Crippen molar-refractivity contribution < 1.29 is 14.3 Å². The molecule has 0 aliphatic carbocycles. The molecule has 4 nitrogen and oxygen atoms in total. The molecule has 1 heterocycles. The van der Waals surface area contributed by atoms with Crippen LogP contribution in [0.15, 0.2) is 40.1 Å². The highest BCUT2D eigenvalue weighted by atomic mass is 32.2. The minimum Gasteiger partial charge on any atom is -0.466 e. The Kier molecular flexibility index (Phi) is 2.96. The number of esters is 1. The monoisotopic (exact) mass is 235 g/mol. The van der Waals surface area contributed by atoms with E-state index < -0.39 is 5.97 Å². The second kappa shape index (κ2) is 4.40. The lowest BCUT2D eigenvalue weighted by molar-refractivity contribution is -0.135. The van der Waals surface area contributed by atoms with Crippen LogP contribution in [0, 0.1) is 0 Å². The van der Waals surface area contributed by atoms with Gasteiger partial charge in [0.2, 0.25) is 0 Å². The largest absolute Gasteiger partial charge is 0.466 e. The van der Waals surface area contributed by atoms with Crippen molar-refractivity contribution in [3.05, 3.63) is 35.2 Å². The van der Waals surface area contributed by atoms with Crippen LogP contribution >= 0.6 is 11.8 Å². The molecule has 0 aromatic heterocycles. The average molecular weight is 235 g/mol. The Morgan fingerprint density at radius 1 is 1.44 bits per heavy atom. The molecule has 82 valence electrons. The fraction of sp³-hybridized carbons (Fsp3) is 0.0909. The van der Waals surface area contributed by atoms with Crippen LogP contribution in [0.25, 0.3) is 0 Å². The van der Waals surface area contributed by atoms with Crippen LogP contribution in [0.3, 0.4) is 0 Å². The van der Waals surface area contributed by atoms with Crippen LogP contribution in [0.2, 0.25) is 0 Å². The quantitative estimate of drug-likeness (QED) is 0.595. The molecule has 1 aliphatic heterocycles. The van der Waals surface area contributed by atoms with Crippen LogP contribution in [0.1, 0.15) is 0 Å². The second-order valence-electron chi connectivity index (χ2n) is 3.08. The van der Waals surface area contributed by atoms with Gasteiger partial charge in [-0.2, -0.15) is 0 Å². The topological polar surface area (TPSA) is 55.4 Å². The van der Waals surface area contributed by atoms with Crippen molar-refractivity contribution in [3.8, 4) is 0 Å². The van der Waals surface area contributed by atoms with Gasteiger partial charge in [0.15, 0.2) is 0 Å². The van der Waals surface area contributed by atoms with Gasteiger partial charge in [0.1, 0.15) is 0 Å². The van der Waals surface area contributed by atoms with Gasteiger partial charge in [-0.3, -0.25) is 4.79 Å². The van der Waals surface area contributed by atoms with E-state index >= 15 is 0 Å². The standard InChI is InChI=1S/C11H9NO3S/c1-15-10(13)6-9-11(14)12-7-4-2-3-5-8(7)16-9/h2-6H,1H3,(H,12,14). The van der Waals surface area contributed by atoms with Gasteiger partial charge in [0, 0.05) is 11.0 Å². The zero-order valence-corrected chi connectivity index (χ0v) is 9.34. The second-order valence-corrected chi connectivity index (χ2v) is 4.17. The van der Waals surface area contributed by atoms with Gasteiger partial charge in [0.25, 0.3) is 5.91 Å². The minimum absolute atomic E-state index is 0.283. The summed E-state index contributed by atoms with van der Waals surface area (Å²) >= 11 is 1.26. The summed E-state index contributed by atoms with van der Waals surface area (Å²) in [6.45, 7) is 0. The van der Waals surface area contributed by atoms with E-state index in [9.17, 15) is 9.59 Å². The third-order valence-electron chi connectivity index (χ3n) is 2.03. The van der Waals surface area contributed by atoms with Crippen molar-refractivity contribution in [3.63, 3.8) is 0 Å². The summed E-state index contributed by atoms with van der Waals surface area (Å²) in [5.74, 6) is -0.814. The summed E-state index contributed by atoms with van der Waals surface area (Å²) < 4.78 is 4.48. The number of carbonyl (C=O) groups excluding carboxylic acids is 2. The molecule has 1 amide bonds. The van der Waals surface area contributed by atoms with E-state index in [0.29, 0.717) is 4.91 Å². The van der Waals surface area contributed by atoms with Gasteiger partial charge in [-0.25, -0.2) is 4.79 Å². The summed E-state index contributed by atoms with van der Waals surface area (Å²) in [6, 6.07) is 7.41. The lowest BCUT2D eigenvalue weighted by atomic mass is 10.3. The van der Waals surface area contributed by atoms with Gasteiger partial charge < -0.3 is 10.1 Å². The number of rotatable bonds is 1. The molecule has 16 heavy (non-hydrogen) atoms. The predicted molar refractivity (Wildman–Crippen MR) is 61.0 cm³/mol. The van der Waals surface area contributed by atoms with E-state index in [1.54, 1.807) is 0 Å². The molecule has 1 aromatic rings. The number of ether oxygens (including phenoxy) is 1. The smallest absolute Gasteiger partial charge is 0.331 e. The first kappa shape index (κ1) is 10.8. The Morgan fingerprint density at radius 3 is 2.94 bits per heavy atom. The number of fused-ring (bicyclic) bond motifs is 1. The molecule has 1 aliphatic rings.